The Bertz CT molecular complexity index is 394. The molecule has 0 saturated carbocycles. The molecule has 1 aromatic heterocycles. The molecule has 1 N–H and O–H groups in total. The van der Waals surface area contributed by atoms with Gasteiger partial charge in [0.25, 0.3) is 0 Å². The predicted molar refractivity (Wildman–Crippen MR) is 72.7 cm³/mol. The van der Waals surface area contributed by atoms with Crippen molar-refractivity contribution in [1.29, 1.82) is 0 Å². The molecule has 2 rings (SSSR count). The van der Waals surface area contributed by atoms with Crippen molar-refractivity contribution in [2.75, 3.05) is 18.9 Å². The third-order valence-electron chi connectivity index (χ3n) is 3.54. The van der Waals surface area contributed by atoms with Gasteiger partial charge in [-0.05, 0) is 45.4 Å². The first-order chi connectivity index (χ1) is 8.06. The average Bonchev–Trinajstić information content (AvgIpc) is 2.29. The lowest BCUT2D eigenvalue weighted by atomic mass is 9.99. The highest BCUT2D eigenvalue weighted by Gasteiger charge is 2.23. The molecular formula is C13H20ClN3. The lowest BCUT2D eigenvalue weighted by Gasteiger charge is -2.35. The van der Waals surface area contributed by atoms with E-state index in [1.807, 2.05) is 6.92 Å². The summed E-state index contributed by atoms with van der Waals surface area (Å²) in [5.74, 6) is 0. The Morgan fingerprint density at radius 1 is 1.53 bits per heavy atom. The van der Waals surface area contributed by atoms with Gasteiger partial charge in [0.2, 0.25) is 0 Å². The predicted octanol–water partition coefficient (Wildman–Crippen LogP) is 2.94. The summed E-state index contributed by atoms with van der Waals surface area (Å²) in [5, 5.41) is 4.09. The zero-order valence-corrected chi connectivity index (χ0v) is 11.5. The maximum absolute atomic E-state index is 6.10. The van der Waals surface area contributed by atoms with Crippen LogP contribution in [0.4, 0.5) is 5.69 Å². The topological polar surface area (TPSA) is 28.2 Å². The average molecular weight is 254 g/mol. The van der Waals surface area contributed by atoms with E-state index >= 15 is 0 Å². The Morgan fingerprint density at radius 2 is 2.29 bits per heavy atom. The van der Waals surface area contributed by atoms with Gasteiger partial charge in [0.15, 0.2) is 5.15 Å². The molecule has 17 heavy (non-hydrogen) atoms. The van der Waals surface area contributed by atoms with Crippen LogP contribution in [0.1, 0.15) is 25.3 Å². The fourth-order valence-corrected chi connectivity index (χ4v) is 2.45. The largest absolute Gasteiger partial charge is 0.380 e. The van der Waals surface area contributed by atoms with Crippen molar-refractivity contribution in [3.63, 3.8) is 0 Å². The molecule has 94 valence electrons. The van der Waals surface area contributed by atoms with Crippen LogP contribution in [0.15, 0.2) is 12.3 Å². The second-order valence-electron chi connectivity index (χ2n) is 5.05. The highest BCUT2D eigenvalue weighted by atomic mass is 35.5. The lowest BCUT2D eigenvalue weighted by Crippen LogP contribution is -2.42. The van der Waals surface area contributed by atoms with Crippen LogP contribution in [-0.4, -0.2) is 35.6 Å². The molecule has 1 fully saturated rings. The van der Waals surface area contributed by atoms with Gasteiger partial charge in [-0.25, -0.2) is 4.98 Å². The third kappa shape index (κ3) is 3.11. The molecule has 3 nitrogen and oxygen atoms in total. The number of pyridine rings is 1. The van der Waals surface area contributed by atoms with Crippen molar-refractivity contribution in [2.24, 2.45) is 0 Å². The molecular weight excluding hydrogens is 234 g/mol. The number of anilines is 1. The number of rotatable bonds is 2. The van der Waals surface area contributed by atoms with Gasteiger partial charge in [0, 0.05) is 24.8 Å². The van der Waals surface area contributed by atoms with Gasteiger partial charge in [-0.2, -0.15) is 0 Å². The van der Waals surface area contributed by atoms with Crippen LogP contribution in [0.25, 0.3) is 0 Å². The number of halogens is 1. The van der Waals surface area contributed by atoms with Crippen molar-refractivity contribution in [2.45, 2.75) is 38.8 Å². The van der Waals surface area contributed by atoms with Gasteiger partial charge in [0.05, 0.1) is 5.69 Å². The molecule has 2 unspecified atom stereocenters. The summed E-state index contributed by atoms with van der Waals surface area (Å²) in [7, 11) is 2.18. The van der Waals surface area contributed by atoms with Crippen molar-refractivity contribution in [3.05, 3.63) is 23.0 Å². The number of piperidine rings is 1. The first-order valence-electron chi connectivity index (χ1n) is 6.15. The van der Waals surface area contributed by atoms with Gasteiger partial charge in [-0.15, -0.1) is 0 Å². The van der Waals surface area contributed by atoms with E-state index < -0.39 is 0 Å². The number of hydrogen-bond donors (Lipinski definition) is 1. The second-order valence-corrected chi connectivity index (χ2v) is 5.40. The third-order valence-corrected chi connectivity index (χ3v) is 3.84. The summed E-state index contributed by atoms with van der Waals surface area (Å²) in [6, 6.07) is 3.19. The molecule has 0 aromatic carbocycles. The monoisotopic (exact) mass is 253 g/mol. The molecule has 1 aliphatic heterocycles. The number of nitrogens with zero attached hydrogens (tertiary/aromatic N) is 2. The van der Waals surface area contributed by atoms with E-state index in [2.05, 4.69) is 35.2 Å². The van der Waals surface area contributed by atoms with Crippen molar-refractivity contribution in [1.82, 2.24) is 9.88 Å². The van der Waals surface area contributed by atoms with Crippen LogP contribution in [0, 0.1) is 6.92 Å². The van der Waals surface area contributed by atoms with Gasteiger partial charge in [-0.1, -0.05) is 11.6 Å². The minimum absolute atomic E-state index is 0.502. The Kier molecular flexibility index (Phi) is 3.89. The van der Waals surface area contributed by atoms with Crippen LogP contribution >= 0.6 is 11.6 Å². The fraction of sp³-hybridized carbons (Fsp3) is 0.615. The smallest absolute Gasteiger partial charge is 0.152 e. The highest BCUT2D eigenvalue weighted by molar-refractivity contribution is 6.31. The quantitative estimate of drug-likeness (QED) is 0.822. The number of aromatic nitrogens is 1. The molecule has 1 aliphatic rings. The van der Waals surface area contributed by atoms with Crippen molar-refractivity contribution >= 4 is 17.3 Å². The SMILES string of the molecule is Cc1cnc(Cl)c(NC2CCN(C)C(C)C2)c1. The van der Waals surface area contributed by atoms with Gasteiger partial charge < -0.3 is 10.2 Å². The summed E-state index contributed by atoms with van der Waals surface area (Å²) in [5.41, 5.74) is 2.10. The molecule has 0 radical (unpaired) electrons. The number of nitrogens with one attached hydrogen (secondary N) is 1. The van der Waals surface area contributed by atoms with E-state index in [1.165, 1.54) is 0 Å². The van der Waals surface area contributed by atoms with E-state index in [4.69, 9.17) is 11.6 Å². The minimum Gasteiger partial charge on any atom is -0.380 e. The maximum Gasteiger partial charge on any atom is 0.152 e. The fourth-order valence-electron chi connectivity index (χ4n) is 2.29. The van der Waals surface area contributed by atoms with Crippen molar-refractivity contribution in [3.8, 4) is 0 Å². The second kappa shape index (κ2) is 5.23. The molecule has 1 aromatic rings. The summed E-state index contributed by atoms with van der Waals surface area (Å²) in [4.78, 5) is 6.57. The van der Waals surface area contributed by atoms with E-state index in [1.54, 1.807) is 6.20 Å². The molecule has 0 spiro atoms. The molecule has 2 heterocycles. The van der Waals surface area contributed by atoms with Gasteiger partial charge in [0.1, 0.15) is 0 Å². The van der Waals surface area contributed by atoms with E-state index in [0.717, 1.165) is 30.6 Å². The molecule has 2 atom stereocenters. The summed E-state index contributed by atoms with van der Waals surface area (Å²) in [6.07, 6.45) is 4.11. The summed E-state index contributed by atoms with van der Waals surface area (Å²) in [6.45, 7) is 5.44. The number of likely N-dealkylation sites (tertiary alicyclic amines) is 1. The number of aryl methyl sites for hydroxylation is 1. The zero-order valence-electron chi connectivity index (χ0n) is 10.7. The Hall–Kier alpha value is -0.800. The summed E-state index contributed by atoms with van der Waals surface area (Å²) < 4.78 is 0. The first-order valence-corrected chi connectivity index (χ1v) is 6.53. The van der Waals surface area contributed by atoms with E-state index in [0.29, 0.717) is 17.2 Å². The first kappa shape index (κ1) is 12.7. The van der Waals surface area contributed by atoms with Crippen LogP contribution in [0.2, 0.25) is 5.15 Å². The summed E-state index contributed by atoms with van der Waals surface area (Å²) >= 11 is 6.10. The van der Waals surface area contributed by atoms with Crippen molar-refractivity contribution < 1.29 is 0 Å². The molecule has 0 aliphatic carbocycles. The normalized spacial score (nSPS) is 25.9. The van der Waals surface area contributed by atoms with Gasteiger partial charge >= 0.3 is 0 Å². The lowest BCUT2D eigenvalue weighted by molar-refractivity contribution is 0.190. The Balaban J connectivity index is 2.03. The highest BCUT2D eigenvalue weighted by Crippen LogP contribution is 2.24. The van der Waals surface area contributed by atoms with Crippen LogP contribution in [0.3, 0.4) is 0 Å². The Labute approximate surface area is 108 Å². The van der Waals surface area contributed by atoms with E-state index in [-0.39, 0.29) is 0 Å². The molecule has 1 saturated heterocycles. The van der Waals surface area contributed by atoms with Crippen LogP contribution < -0.4 is 5.32 Å². The van der Waals surface area contributed by atoms with Gasteiger partial charge in [-0.3, -0.25) is 0 Å². The van der Waals surface area contributed by atoms with E-state index in [9.17, 15) is 0 Å². The zero-order chi connectivity index (χ0) is 12.4. The maximum atomic E-state index is 6.10. The molecule has 0 amide bonds. The minimum atomic E-state index is 0.502. The number of hydrogen-bond acceptors (Lipinski definition) is 3. The standard InChI is InChI=1S/C13H20ClN3/c1-9-6-12(13(14)15-8-9)16-11-4-5-17(3)10(2)7-11/h6,8,10-11,16H,4-5,7H2,1-3H3. The van der Waals surface area contributed by atoms with Crippen LogP contribution in [0.5, 0.6) is 0 Å². The Morgan fingerprint density at radius 3 is 3.00 bits per heavy atom. The van der Waals surface area contributed by atoms with Crippen LogP contribution in [-0.2, 0) is 0 Å². The molecule has 4 heteroatoms. The molecule has 0 bridgehead atoms.